The zero-order valence-corrected chi connectivity index (χ0v) is 26.3. The molecule has 44 heavy (non-hydrogen) atoms. The second-order valence-electron chi connectivity index (χ2n) is 14.0. The first-order valence-electron chi connectivity index (χ1n) is 17.2. The van der Waals surface area contributed by atoms with E-state index in [0.717, 1.165) is 99.7 Å². The lowest BCUT2D eigenvalue weighted by molar-refractivity contribution is -0.121. The maximum absolute atomic E-state index is 13.6. The van der Waals surface area contributed by atoms with Gasteiger partial charge in [-0.25, -0.2) is 4.98 Å². The van der Waals surface area contributed by atoms with Crippen LogP contribution in [0.4, 0.5) is 5.82 Å². The zero-order valence-electron chi connectivity index (χ0n) is 26.3. The minimum Gasteiger partial charge on any atom is -0.370 e. The summed E-state index contributed by atoms with van der Waals surface area (Å²) in [6.07, 6.45) is 21.0. The highest BCUT2D eigenvalue weighted by Crippen LogP contribution is 2.48. The molecule has 6 rings (SSSR count). The van der Waals surface area contributed by atoms with Crippen LogP contribution in [-0.4, -0.2) is 28.9 Å². The van der Waals surface area contributed by atoms with E-state index >= 15 is 0 Å². The van der Waals surface area contributed by atoms with Gasteiger partial charge in [0, 0.05) is 43.0 Å². The molecule has 4 aliphatic carbocycles. The van der Waals surface area contributed by atoms with Crippen molar-refractivity contribution in [2.75, 3.05) is 11.9 Å². The number of aromatic nitrogens is 1. The van der Waals surface area contributed by atoms with E-state index in [4.69, 9.17) is 0 Å². The molecule has 2 aromatic rings. The van der Waals surface area contributed by atoms with E-state index in [1.807, 2.05) is 30.3 Å². The normalized spacial score (nSPS) is 26.0. The second-order valence-corrected chi connectivity index (χ2v) is 14.0. The van der Waals surface area contributed by atoms with E-state index < -0.39 is 0 Å². The molecule has 3 saturated carbocycles. The van der Waals surface area contributed by atoms with E-state index in [2.05, 4.69) is 41.5 Å². The van der Waals surface area contributed by atoms with Gasteiger partial charge in [-0.3, -0.25) is 14.4 Å². The van der Waals surface area contributed by atoms with Crippen molar-refractivity contribution in [2.45, 2.75) is 90.4 Å². The first kappa shape index (κ1) is 30.7. The van der Waals surface area contributed by atoms with Gasteiger partial charge in [-0.15, -0.1) is 0 Å². The predicted octanol–water partition coefficient (Wildman–Crippen LogP) is 8.14. The summed E-state index contributed by atoms with van der Waals surface area (Å²) in [7, 11) is 0. The predicted molar refractivity (Wildman–Crippen MR) is 176 cm³/mol. The van der Waals surface area contributed by atoms with Crippen LogP contribution < -0.4 is 5.32 Å². The number of rotatable bonds is 16. The maximum Gasteiger partial charge on any atom is 0.166 e. The molecule has 0 radical (unpaired) electrons. The number of nitrogens with one attached hydrogen (secondary N) is 1. The summed E-state index contributed by atoms with van der Waals surface area (Å²) in [6.45, 7) is 2.92. The van der Waals surface area contributed by atoms with Crippen molar-refractivity contribution in [1.29, 1.82) is 0 Å². The average Bonchev–Trinajstić information content (AvgIpc) is 3.97. The number of aryl methyl sites for hydroxylation is 1. The third-order valence-electron chi connectivity index (χ3n) is 10.5. The lowest BCUT2D eigenvalue weighted by Gasteiger charge is -2.20. The van der Waals surface area contributed by atoms with Gasteiger partial charge in [0.1, 0.15) is 11.6 Å². The summed E-state index contributed by atoms with van der Waals surface area (Å²) >= 11 is 0. The third kappa shape index (κ3) is 7.83. The molecule has 1 aromatic heterocycles. The summed E-state index contributed by atoms with van der Waals surface area (Å²) in [6, 6.07) is 12.2. The van der Waals surface area contributed by atoms with Crippen LogP contribution in [0.2, 0.25) is 0 Å². The van der Waals surface area contributed by atoms with Crippen LogP contribution in [0.25, 0.3) is 0 Å². The monoisotopic (exact) mass is 592 g/mol. The van der Waals surface area contributed by atoms with Gasteiger partial charge in [0.25, 0.3) is 0 Å². The van der Waals surface area contributed by atoms with Crippen LogP contribution >= 0.6 is 0 Å². The highest BCUT2D eigenvalue weighted by molar-refractivity contribution is 6.00. The number of ketones is 3. The Kier molecular flexibility index (Phi) is 9.88. The molecule has 0 spiro atoms. The van der Waals surface area contributed by atoms with E-state index in [1.165, 1.54) is 12.0 Å². The molecular formula is C39H48N2O3. The highest BCUT2D eigenvalue weighted by atomic mass is 16.1. The van der Waals surface area contributed by atoms with Gasteiger partial charge in [-0.05, 0) is 116 Å². The van der Waals surface area contributed by atoms with Gasteiger partial charge in [0.2, 0.25) is 0 Å². The SMILES string of the molecule is CC(Cc1cc(C(=O)C2CC2CCCC2CCCC(=O)C2)ccc1CCCCNc1ccccn1)C(=O)C1=CC=CC2CC12. The average molecular weight is 593 g/mol. The summed E-state index contributed by atoms with van der Waals surface area (Å²) in [5.74, 6) is 3.90. The molecule has 5 nitrogen and oxygen atoms in total. The Balaban J connectivity index is 1.06. The van der Waals surface area contributed by atoms with Crippen molar-refractivity contribution in [2.24, 2.45) is 35.5 Å². The quantitative estimate of drug-likeness (QED) is 0.157. The van der Waals surface area contributed by atoms with Crippen LogP contribution in [0.1, 0.15) is 99.0 Å². The smallest absolute Gasteiger partial charge is 0.166 e. The number of hydrogen-bond acceptors (Lipinski definition) is 5. The Morgan fingerprint density at radius 2 is 1.95 bits per heavy atom. The van der Waals surface area contributed by atoms with E-state index in [0.29, 0.717) is 35.9 Å². The number of carbonyl (C=O) groups excluding carboxylic acids is 3. The first-order chi connectivity index (χ1) is 21.5. The number of anilines is 1. The number of hydrogen-bond donors (Lipinski definition) is 1. The van der Waals surface area contributed by atoms with Crippen molar-refractivity contribution < 1.29 is 14.4 Å². The highest BCUT2D eigenvalue weighted by Gasteiger charge is 2.43. The number of nitrogens with zero attached hydrogens (tertiary/aromatic N) is 1. The van der Waals surface area contributed by atoms with Gasteiger partial charge in [0.15, 0.2) is 11.6 Å². The van der Waals surface area contributed by atoms with Crippen LogP contribution in [0.15, 0.2) is 66.4 Å². The number of allylic oxidation sites excluding steroid dienone is 4. The fourth-order valence-electron chi connectivity index (χ4n) is 7.65. The Bertz CT molecular complexity index is 1410. The number of fused-ring (bicyclic) bond motifs is 1. The van der Waals surface area contributed by atoms with Gasteiger partial charge in [-0.1, -0.05) is 56.2 Å². The Labute approximate surface area is 263 Å². The Morgan fingerprint density at radius 3 is 2.80 bits per heavy atom. The number of benzene rings is 1. The molecule has 1 N–H and O–H groups in total. The second kappa shape index (κ2) is 14.2. The summed E-state index contributed by atoms with van der Waals surface area (Å²) < 4.78 is 0. The minimum atomic E-state index is -0.107. The van der Waals surface area contributed by atoms with Crippen molar-refractivity contribution >= 4 is 23.2 Å². The molecule has 1 aromatic carbocycles. The summed E-state index contributed by atoms with van der Waals surface area (Å²) in [5.41, 5.74) is 4.23. The van der Waals surface area contributed by atoms with Crippen molar-refractivity contribution in [3.8, 4) is 0 Å². The van der Waals surface area contributed by atoms with E-state index in [9.17, 15) is 14.4 Å². The number of Topliss-reactive ketones (excluding diaryl/α,β-unsaturated/α-hetero) is 3. The molecule has 6 atom stereocenters. The standard InChI is InChI=1S/C39H48N2O3/c1-26(38(43)34-15-8-13-29-24-35(29)34)21-32-23-31(18-17-28(32)11-2-4-19-40-37-16-3-5-20-41-37)39(44)36-25-30(36)12-6-9-27-10-7-14-33(42)22-27/h3,5,8,13,15-18,20,23,26-27,29-30,35-36H,2,4,6-7,9-12,14,19,21-22,24-25H2,1H3,(H,40,41). The number of carbonyl (C=O) groups is 3. The Hall–Kier alpha value is -3.34. The molecule has 232 valence electrons. The van der Waals surface area contributed by atoms with Crippen molar-refractivity contribution in [3.63, 3.8) is 0 Å². The lowest BCUT2D eigenvalue weighted by atomic mass is 9.84. The largest absolute Gasteiger partial charge is 0.370 e. The van der Waals surface area contributed by atoms with Crippen molar-refractivity contribution in [3.05, 3.63) is 83.1 Å². The van der Waals surface area contributed by atoms with Crippen LogP contribution in [0, 0.1) is 35.5 Å². The maximum atomic E-state index is 13.6. The molecule has 1 heterocycles. The molecule has 4 aliphatic rings. The number of pyridine rings is 1. The van der Waals surface area contributed by atoms with E-state index in [1.54, 1.807) is 6.20 Å². The van der Waals surface area contributed by atoms with Crippen LogP contribution in [0.3, 0.4) is 0 Å². The molecular weight excluding hydrogens is 544 g/mol. The third-order valence-corrected chi connectivity index (χ3v) is 10.5. The fourth-order valence-corrected chi connectivity index (χ4v) is 7.65. The van der Waals surface area contributed by atoms with Crippen molar-refractivity contribution in [1.82, 2.24) is 4.98 Å². The summed E-state index contributed by atoms with van der Waals surface area (Å²) in [4.78, 5) is 43.2. The van der Waals surface area contributed by atoms with Gasteiger partial charge in [0.05, 0.1) is 0 Å². The van der Waals surface area contributed by atoms with Crippen LogP contribution in [-0.2, 0) is 22.4 Å². The van der Waals surface area contributed by atoms with Crippen LogP contribution in [0.5, 0.6) is 0 Å². The first-order valence-corrected chi connectivity index (χ1v) is 17.2. The number of unbranched alkanes of at least 4 members (excludes halogenated alkanes) is 1. The van der Waals surface area contributed by atoms with Gasteiger partial charge >= 0.3 is 0 Å². The molecule has 0 aliphatic heterocycles. The minimum absolute atomic E-state index is 0.107. The molecule has 3 fully saturated rings. The van der Waals surface area contributed by atoms with Gasteiger partial charge < -0.3 is 5.32 Å². The Morgan fingerprint density at radius 1 is 1.05 bits per heavy atom. The lowest BCUT2D eigenvalue weighted by Crippen LogP contribution is -2.19. The zero-order chi connectivity index (χ0) is 30.5. The fraction of sp³-hybridized carbons (Fsp3) is 0.538. The molecule has 6 unspecified atom stereocenters. The topological polar surface area (TPSA) is 76.1 Å². The van der Waals surface area contributed by atoms with E-state index in [-0.39, 0.29) is 23.4 Å². The molecule has 5 heteroatoms. The molecule has 0 saturated heterocycles. The summed E-state index contributed by atoms with van der Waals surface area (Å²) in [5, 5.41) is 3.39. The van der Waals surface area contributed by atoms with Gasteiger partial charge in [-0.2, -0.15) is 0 Å². The molecule has 0 amide bonds. The molecule has 0 bridgehead atoms.